The van der Waals surface area contributed by atoms with E-state index in [4.69, 9.17) is 5.11 Å². The van der Waals surface area contributed by atoms with E-state index < -0.39 is 0 Å². The summed E-state index contributed by atoms with van der Waals surface area (Å²) in [6, 6.07) is -0.113. The van der Waals surface area contributed by atoms with Crippen LogP contribution in [0.5, 0.6) is 0 Å². The van der Waals surface area contributed by atoms with Gasteiger partial charge in [-0.15, -0.1) is 0 Å². The van der Waals surface area contributed by atoms with E-state index in [1.807, 2.05) is 6.92 Å². The fourth-order valence-corrected chi connectivity index (χ4v) is 1.60. The first kappa shape index (κ1) is 11.4. The molecule has 0 aromatic rings. The zero-order valence-electron chi connectivity index (χ0n) is 8.23. The van der Waals surface area contributed by atoms with Crippen molar-refractivity contribution in [2.75, 3.05) is 13.2 Å². The zero-order valence-corrected chi connectivity index (χ0v) is 9.13. The number of allylic oxidation sites excluding steroid dienone is 1. The van der Waals surface area contributed by atoms with E-state index >= 15 is 0 Å². The number of nitrogens with one attached hydrogen (secondary N) is 1. The van der Waals surface area contributed by atoms with Crippen LogP contribution in [-0.4, -0.2) is 34.6 Å². The summed E-state index contributed by atoms with van der Waals surface area (Å²) in [7, 11) is 0. The summed E-state index contributed by atoms with van der Waals surface area (Å²) in [5.74, 6) is 0. The first-order valence-electron chi connectivity index (χ1n) is 4.69. The molecule has 1 unspecified atom stereocenters. The Labute approximate surface area is 89.5 Å². The first-order chi connectivity index (χ1) is 6.65. The van der Waals surface area contributed by atoms with Gasteiger partial charge in [0.15, 0.2) is 0 Å². The zero-order chi connectivity index (χ0) is 10.6. The van der Waals surface area contributed by atoms with Gasteiger partial charge in [0.2, 0.25) is 0 Å². The molecule has 2 N–H and O–H groups in total. The van der Waals surface area contributed by atoms with E-state index in [1.54, 1.807) is 0 Å². The molecule has 0 aromatic heterocycles. The summed E-state index contributed by atoms with van der Waals surface area (Å²) in [5.41, 5.74) is 1.20. The number of urea groups is 1. The Bertz CT molecular complexity index is 243. The average Bonchev–Trinajstić information content (AvgIpc) is 2.52. The predicted octanol–water partition coefficient (Wildman–Crippen LogP) is 0.944. The molecule has 0 heterocycles. The van der Waals surface area contributed by atoms with Crippen molar-refractivity contribution in [2.24, 2.45) is 0 Å². The SMILES string of the molecule is CC1=CCCC1NC(=O)N(S)CCO. The highest BCUT2D eigenvalue weighted by Gasteiger charge is 2.19. The van der Waals surface area contributed by atoms with Crippen LogP contribution < -0.4 is 5.32 Å². The van der Waals surface area contributed by atoms with Crippen LogP contribution in [0, 0.1) is 0 Å². The number of aliphatic hydroxyl groups excluding tert-OH is 1. The second-order valence-electron chi connectivity index (χ2n) is 3.37. The van der Waals surface area contributed by atoms with Gasteiger partial charge in [-0.3, -0.25) is 4.31 Å². The number of nitrogens with zero attached hydrogens (tertiary/aromatic N) is 1. The van der Waals surface area contributed by atoms with Crippen molar-refractivity contribution in [1.82, 2.24) is 9.62 Å². The molecule has 0 bridgehead atoms. The molecule has 14 heavy (non-hydrogen) atoms. The Morgan fingerprint density at radius 2 is 2.57 bits per heavy atom. The highest BCUT2D eigenvalue weighted by atomic mass is 32.1. The topological polar surface area (TPSA) is 52.6 Å². The fraction of sp³-hybridized carbons (Fsp3) is 0.667. The number of aliphatic hydroxyl groups is 1. The molecule has 5 heteroatoms. The summed E-state index contributed by atoms with van der Waals surface area (Å²) in [6.07, 6.45) is 4.10. The quantitative estimate of drug-likeness (QED) is 0.486. The standard InChI is InChI=1S/C9H16N2O2S/c1-7-3-2-4-8(7)10-9(13)11(14)5-6-12/h3,8,12,14H,2,4-6H2,1H3,(H,10,13). The van der Waals surface area contributed by atoms with Gasteiger partial charge in [-0.25, -0.2) is 4.79 Å². The second-order valence-corrected chi connectivity index (χ2v) is 3.86. The lowest BCUT2D eigenvalue weighted by Gasteiger charge is -2.19. The minimum atomic E-state index is -0.248. The number of amides is 2. The molecule has 1 aliphatic rings. The van der Waals surface area contributed by atoms with Crippen molar-refractivity contribution >= 4 is 18.8 Å². The third-order valence-electron chi connectivity index (χ3n) is 2.32. The monoisotopic (exact) mass is 216 g/mol. The van der Waals surface area contributed by atoms with Crippen molar-refractivity contribution < 1.29 is 9.90 Å². The number of rotatable bonds is 3. The van der Waals surface area contributed by atoms with Gasteiger partial charge in [0, 0.05) is 0 Å². The number of thiol groups is 1. The molecule has 1 atom stereocenters. The van der Waals surface area contributed by atoms with Gasteiger partial charge >= 0.3 is 6.03 Å². The number of hydrogen-bond acceptors (Lipinski definition) is 3. The fourth-order valence-electron chi connectivity index (χ4n) is 1.45. The van der Waals surface area contributed by atoms with Crippen LogP contribution in [0.2, 0.25) is 0 Å². The lowest BCUT2D eigenvalue weighted by molar-refractivity contribution is 0.211. The maximum atomic E-state index is 11.4. The van der Waals surface area contributed by atoms with Gasteiger partial charge in [-0.2, -0.15) is 0 Å². The molecular formula is C9H16N2O2S. The molecule has 0 saturated carbocycles. The smallest absolute Gasteiger partial charge is 0.327 e. The van der Waals surface area contributed by atoms with Gasteiger partial charge in [0.25, 0.3) is 0 Å². The van der Waals surface area contributed by atoms with Crippen LogP contribution in [0.25, 0.3) is 0 Å². The molecule has 0 fully saturated rings. The molecule has 0 aliphatic heterocycles. The van der Waals surface area contributed by atoms with Crippen molar-refractivity contribution in [3.63, 3.8) is 0 Å². The van der Waals surface area contributed by atoms with E-state index in [9.17, 15) is 4.79 Å². The first-order valence-corrected chi connectivity index (χ1v) is 5.09. The van der Waals surface area contributed by atoms with Crippen molar-refractivity contribution in [2.45, 2.75) is 25.8 Å². The Kier molecular flexibility index (Phi) is 4.28. The summed E-state index contributed by atoms with van der Waals surface area (Å²) in [5, 5.41) is 11.5. The molecule has 0 spiro atoms. The van der Waals surface area contributed by atoms with Gasteiger partial charge in [-0.05, 0) is 19.8 Å². The predicted molar refractivity (Wildman–Crippen MR) is 58.1 cm³/mol. The molecule has 80 valence electrons. The largest absolute Gasteiger partial charge is 0.394 e. The summed E-state index contributed by atoms with van der Waals surface area (Å²) in [6.45, 7) is 2.17. The van der Waals surface area contributed by atoms with E-state index in [1.165, 1.54) is 9.88 Å². The van der Waals surface area contributed by atoms with Gasteiger partial charge < -0.3 is 10.4 Å². The molecular weight excluding hydrogens is 200 g/mol. The molecule has 0 saturated heterocycles. The minimum absolute atomic E-state index is 0.0730. The summed E-state index contributed by atoms with van der Waals surface area (Å²) < 4.78 is 1.19. The Morgan fingerprint density at radius 1 is 1.86 bits per heavy atom. The Morgan fingerprint density at radius 3 is 3.07 bits per heavy atom. The number of carbonyl (C=O) groups is 1. The van der Waals surface area contributed by atoms with Crippen molar-refractivity contribution in [3.05, 3.63) is 11.6 Å². The molecule has 2 amide bonds. The molecule has 0 radical (unpaired) electrons. The van der Waals surface area contributed by atoms with Crippen molar-refractivity contribution in [1.29, 1.82) is 0 Å². The van der Waals surface area contributed by atoms with Crippen LogP contribution in [-0.2, 0) is 0 Å². The summed E-state index contributed by atoms with van der Waals surface area (Å²) >= 11 is 3.95. The molecule has 1 rings (SSSR count). The highest BCUT2D eigenvalue weighted by molar-refractivity contribution is 7.78. The van der Waals surface area contributed by atoms with Gasteiger partial charge in [0.1, 0.15) is 0 Å². The van der Waals surface area contributed by atoms with Crippen molar-refractivity contribution in [3.8, 4) is 0 Å². The van der Waals surface area contributed by atoms with Crippen LogP contribution in [0.3, 0.4) is 0 Å². The van der Waals surface area contributed by atoms with Gasteiger partial charge in [-0.1, -0.05) is 24.5 Å². The van der Waals surface area contributed by atoms with Crippen LogP contribution in [0.15, 0.2) is 11.6 Å². The molecule has 1 aliphatic carbocycles. The normalized spacial score (nSPS) is 20.5. The maximum absolute atomic E-state index is 11.4. The highest BCUT2D eigenvalue weighted by Crippen LogP contribution is 2.18. The number of carbonyl (C=O) groups excluding carboxylic acids is 1. The van der Waals surface area contributed by atoms with Crippen LogP contribution in [0.4, 0.5) is 4.79 Å². The molecule has 4 nitrogen and oxygen atoms in total. The van der Waals surface area contributed by atoms with E-state index in [-0.39, 0.29) is 25.2 Å². The van der Waals surface area contributed by atoms with E-state index in [2.05, 4.69) is 24.2 Å². The second kappa shape index (κ2) is 5.26. The summed E-state index contributed by atoms with van der Waals surface area (Å²) in [4.78, 5) is 11.4. The average molecular weight is 216 g/mol. The number of hydrogen-bond donors (Lipinski definition) is 3. The lowest BCUT2D eigenvalue weighted by atomic mass is 10.2. The Balaban J connectivity index is 2.37. The third-order valence-corrected chi connectivity index (χ3v) is 2.70. The maximum Gasteiger partial charge on any atom is 0.327 e. The van der Waals surface area contributed by atoms with Gasteiger partial charge in [0.05, 0.1) is 19.2 Å². The minimum Gasteiger partial charge on any atom is -0.394 e. The van der Waals surface area contributed by atoms with E-state index in [0.717, 1.165) is 12.8 Å². The van der Waals surface area contributed by atoms with Crippen LogP contribution >= 0.6 is 12.8 Å². The Hall–Kier alpha value is -0.680. The molecule has 0 aromatic carbocycles. The van der Waals surface area contributed by atoms with Crippen LogP contribution in [0.1, 0.15) is 19.8 Å². The third kappa shape index (κ3) is 2.92. The van der Waals surface area contributed by atoms with E-state index in [0.29, 0.717) is 0 Å². The lowest BCUT2D eigenvalue weighted by Crippen LogP contribution is -2.41.